The molecule has 0 fully saturated rings. The summed E-state index contributed by atoms with van der Waals surface area (Å²) in [7, 11) is 1.86. The normalized spacial score (nSPS) is 10.7. The van der Waals surface area contributed by atoms with Crippen LogP contribution in [0.2, 0.25) is 5.28 Å². The molecule has 0 aromatic carbocycles. The fourth-order valence-corrected chi connectivity index (χ4v) is 1.73. The molecular weight excluding hydrogens is 282 g/mol. The fraction of sp³-hybridized carbons (Fsp3) is 0.200. The summed E-state index contributed by atoms with van der Waals surface area (Å²) in [6, 6.07) is 1.90. The van der Waals surface area contributed by atoms with E-state index < -0.39 is 0 Å². The minimum absolute atomic E-state index is 0.0815. The van der Waals surface area contributed by atoms with E-state index in [1.165, 1.54) is 17.3 Å². The van der Waals surface area contributed by atoms with Crippen LogP contribution < -0.4 is 5.32 Å². The molecule has 0 aliphatic heterocycles. The van der Waals surface area contributed by atoms with Crippen molar-refractivity contribution in [2.24, 2.45) is 7.05 Å². The average Bonchev–Trinajstić information content (AvgIpc) is 3.07. The van der Waals surface area contributed by atoms with Crippen molar-refractivity contribution in [2.75, 3.05) is 5.32 Å². The molecule has 0 unspecified atom stereocenters. The number of rotatable bonds is 4. The third kappa shape index (κ3) is 2.57. The number of halogens is 1. The molecule has 3 aromatic rings. The second kappa shape index (κ2) is 5.21. The Labute approximate surface area is 118 Å². The predicted molar refractivity (Wildman–Crippen MR) is 70.3 cm³/mol. The van der Waals surface area contributed by atoms with E-state index in [9.17, 15) is 0 Å². The summed E-state index contributed by atoms with van der Waals surface area (Å²) in [5, 5.41) is 11.2. The van der Waals surface area contributed by atoms with Crippen LogP contribution in [0.15, 0.2) is 24.9 Å². The average molecular weight is 292 g/mol. The Bertz CT molecular complexity index is 705. The first kappa shape index (κ1) is 12.5. The van der Waals surface area contributed by atoms with Gasteiger partial charge in [0.15, 0.2) is 0 Å². The van der Waals surface area contributed by atoms with E-state index in [4.69, 9.17) is 11.6 Å². The molecule has 0 aliphatic rings. The van der Waals surface area contributed by atoms with Crippen molar-refractivity contribution in [3.63, 3.8) is 0 Å². The fourth-order valence-electron chi connectivity index (χ4n) is 1.58. The molecule has 10 heteroatoms. The monoisotopic (exact) mass is 291 g/mol. The smallest absolute Gasteiger partial charge is 0.258 e. The highest BCUT2D eigenvalue weighted by Crippen LogP contribution is 2.09. The summed E-state index contributed by atoms with van der Waals surface area (Å²) < 4.78 is 3.16. The number of nitrogens with zero attached hydrogens (tertiary/aromatic N) is 8. The molecule has 3 heterocycles. The van der Waals surface area contributed by atoms with Gasteiger partial charge in [-0.3, -0.25) is 4.68 Å². The number of aryl methyl sites for hydroxylation is 1. The zero-order chi connectivity index (χ0) is 13.9. The van der Waals surface area contributed by atoms with Crippen LogP contribution in [0, 0.1) is 0 Å². The van der Waals surface area contributed by atoms with Crippen LogP contribution in [-0.2, 0) is 13.6 Å². The topological polar surface area (TPSA) is 99.2 Å². The predicted octanol–water partition coefficient (Wildman–Crippen LogP) is 0.451. The van der Waals surface area contributed by atoms with Crippen molar-refractivity contribution in [1.82, 2.24) is 39.5 Å². The Hall–Kier alpha value is -2.55. The molecule has 0 amide bonds. The number of hydrogen-bond donors (Lipinski definition) is 1. The van der Waals surface area contributed by atoms with E-state index in [0.29, 0.717) is 18.4 Å². The Morgan fingerprint density at radius 3 is 2.85 bits per heavy atom. The molecule has 0 radical (unpaired) electrons. The lowest BCUT2D eigenvalue weighted by Gasteiger charge is -2.06. The van der Waals surface area contributed by atoms with Gasteiger partial charge in [-0.05, 0) is 17.7 Å². The minimum atomic E-state index is 0.0815. The van der Waals surface area contributed by atoms with Crippen molar-refractivity contribution in [3.05, 3.63) is 35.9 Å². The molecule has 9 nitrogen and oxygen atoms in total. The lowest BCUT2D eigenvalue weighted by molar-refractivity contribution is 0.717. The van der Waals surface area contributed by atoms with Crippen LogP contribution in [0.3, 0.4) is 0 Å². The summed E-state index contributed by atoms with van der Waals surface area (Å²) in [5.41, 5.74) is 0.990. The zero-order valence-corrected chi connectivity index (χ0v) is 11.2. The van der Waals surface area contributed by atoms with Gasteiger partial charge in [-0.1, -0.05) is 0 Å². The molecule has 0 bridgehead atoms. The van der Waals surface area contributed by atoms with Crippen LogP contribution in [0.5, 0.6) is 0 Å². The first-order valence-electron chi connectivity index (χ1n) is 5.70. The summed E-state index contributed by atoms with van der Waals surface area (Å²) in [6.07, 6.45) is 4.59. The molecule has 20 heavy (non-hydrogen) atoms. The third-order valence-electron chi connectivity index (χ3n) is 2.57. The van der Waals surface area contributed by atoms with Crippen molar-refractivity contribution >= 4 is 17.5 Å². The first-order chi connectivity index (χ1) is 9.72. The standard InChI is InChI=1S/C10H10ClN9/c1-19-7(2-3-14-19)4-13-9-16-8(11)17-10(18-9)20-6-12-5-15-20/h2-3,5-6H,4H2,1H3,(H,13,16,17,18). The summed E-state index contributed by atoms with van der Waals surface area (Å²) in [5.74, 6) is 0.659. The van der Waals surface area contributed by atoms with E-state index >= 15 is 0 Å². The largest absolute Gasteiger partial charge is 0.348 e. The number of hydrogen-bond acceptors (Lipinski definition) is 7. The second-order valence-electron chi connectivity index (χ2n) is 3.87. The van der Waals surface area contributed by atoms with E-state index in [-0.39, 0.29) is 5.28 Å². The highest BCUT2D eigenvalue weighted by atomic mass is 35.5. The maximum Gasteiger partial charge on any atom is 0.258 e. The van der Waals surface area contributed by atoms with E-state index in [1.54, 1.807) is 10.9 Å². The molecule has 3 rings (SSSR count). The number of nitrogens with one attached hydrogen (secondary N) is 1. The van der Waals surface area contributed by atoms with Crippen molar-refractivity contribution in [3.8, 4) is 5.95 Å². The van der Waals surface area contributed by atoms with Crippen molar-refractivity contribution < 1.29 is 0 Å². The van der Waals surface area contributed by atoms with Gasteiger partial charge >= 0.3 is 0 Å². The van der Waals surface area contributed by atoms with Gasteiger partial charge < -0.3 is 5.32 Å². The molecular formula is C10H10ClN9. The van der Waals surface area contributed by atoms with E-state index in [0.717, 1.165) is 5.69 Å². The SMILES string of the molecule is Cn1nccc1CNc1nc(Cl)nc(-n2cncn2)n1. The van der Waals surface area contributed by atoms with Gasteiger partial charge in [0.1, 0.15) is 12.7 Å². The Balaban J connectivity index is 1.81. The zero-order valence-electron chi connectivity index (χ0n) is 10.5. The summed E-state index contributed by atoms with van der Waals surface area (Å²) in [4.78, 5) is 16.0. The first-order valence-corrected chi connectivity index (χ1v) is 6.07. The Morgan fingerprint density at radius 2 is 2.15 bits per heavy atom. The lowest BCUT2D eigenvalue weighted by Crippen LogP contribution is -2.11. The van der Waals surface area contributed by atoms with E-state index in [2.05, 4.69) is 35.5 Å². The van der Waals surface area contributed by atoms with Crippen molar-refractivity contribution in [2.45, 2.75) is 6.54 Å². The van der Waals surface area contributed by atoms with Gasteiger partial charge in [0.2, 0.25) is 11.2 Å². The van der Waals surface area contributed by atoms with Crippen LogP contribution in [-0.4, -0.2) is 39.5 Å². The minimum Gasteiger partial charge on any atom is -0.348 e. The molecule has 0 saturated heterocycles. The van der Waals surface area contributed by atoms with Crippen LogP contribution in [0.1, 0.15) is 5.69 Å². The summed E-state index contributed by atoms with van der Waals surface area (Å²) in [6.45, 7) is 0.521. The Morgan fingerprint density at radius 1 is 1.25 bits per heavy atom. The highest BCUT2D eigenvalue weighted by molar-refractivity contribution is 6.28. The van der Waals surface area contributed by atoms with Gasteiger partial charge in [-0.2, -0.15) is 29.8 Å². The molecule has 3 aromatic heterocycles. The lowest BCUT2D eigenvalue weighted by atomic mass is 10.4. The molecule has 0 aliphatic carbocycles. The Kier molecular flexibility index (Phi) is 3.25. The molecule has 0 spiro atoms. The maximum atomic E-state index is 5.88. The quantitative estimate of drug-likeness (QED) is 0.745. The second-order valence-corrected chi connectivity index (χ2v) is 4.21. The molecule has 0 saturated carbocycles. The van der Waals surface area contributed by atoms with Crippen LogP contribution in [0.4, 0.5) is 5.95 Å². The molecule has 102 valence electrons. The molecule has 0 atom stereocenters. The highest BCUT2D eigenvalue weighted by Gasteiger charge is 2.08. The molecule has 1 N–H and O–H groups in total. The third-order valence-corrected chi connectivity index (χ3v) is 2.74. The van der Waals surface area contributed by atoms with Crippen LogP contribution >= 0.6 is 11.6 Å². The van der Waals surface area contributed by atoms with Crippen molar-refractivity contribution in [1.29, 1.82) is 0 Å². The van der Waals surface area contributed by atoms with E-state index in [1.807, 2.05) is 13.1 Å². The number of anilines is 1. The van der Waals surface area contributed by atoms with Gasteiger partial charge in [0.25, 0.3) is 5.95 Å². The van der Waals surface area contributed by atoms with Crippen LogP contribution in [0.25, 0.3) is 5.95 Å². The number of aromatic nitrogens is 8. The summed E-state index contributed by atoms with van der Waals surface area (Å²) >= 11 is 5.88. The van der Waals surface area contributed by atoms with Gasteiger partial charge in [-0.25, -0.2) is 4.98 Å². The van der Waals surface area contributed by atoms with Gasteiger partial charge in [0, 0.05) is 13.2 Å². The van der Waals surface area contributed by atoms with Gasteiger partial charge in [0.05, 0.1) is 12.2 Å². The van der Waals surface area contributed by atoms with Gasteiger partial charge in [-0.15, -0.1) is 0 Å². The maximum absolute atomic E-state index is 5.88.